The van der Waals surface area contributed by atoms with E-state index in [-0.39, 0.29) is 6.01 Å². The zero-order chi connectivity index (χ0) is 22.8. The van der Waals surface area contributed by atoms with E-state index in [2.05, 4.69) is 51.4 Å². The fourth-order valence-corrected chi connectivity index (χ4v) is 3.99. The van der Waals surface area contributed by atoms with E-state index in [1.165, 1.54) is 31.2 Å². The van der Waals surface area contributed by atoms with Gasteiger partial charge in [-0.15, -0.1) is 0 Å². The van der Waals surface area contributed by atoms with Crippen molar-refractivity contribution in [3.8, 4) is 6.01 Å². The second-order valence-corrected chi connectivity index (χ2v) is 8.08. The number of carbonyl (C=O) groups excluding carboxylic acids is 1. The summed E-state index contributed by atoms with van der Waals surface area (Å²) in [4.78, 5) is 24.7. The molecule has 1 saturated heterocycles. The second kappa shape index (κ2) is 12.4. The number of amides is 1. The van der Waals surface area contributed by atoms with Crippen LogP contribution in [0.4, 0.5) is 11.5 Å². The summed E-state index contributed by atoms with van der Waals surface area (Å²) in [6, 6.07) is 9.14. The molecule has 1 aromatic carbocycles. The molecule has 1 fully saturated rings. The summed E-state index contributed by atoms with van der Waals surface area (Å²) >= 11 is 0. The van der Waals surface area contributed by atoms with Gasteiger partial charge >= 0.3 is 6.01 Å². The number of hydrogen-bond acceptors (Lipinski definition) is 7. The van der Waals surface area contributed by atoms with Crippen LogP contribution in [0, 0.1) is 0 Å². The molecule has 2 aromatic rings. The van der Waals surface area contributed by atoms with Crippen LogP contribution < -0.4 is 15.0 Å². The maximum atomic E-state index is 11.9. The average molecular weight is 442 g/mol. The van der Waals surface area contributed by atoms with Crippen LogP contribution in [0.3, 0.4) is 0 Å². The molecular weight excluding hydrogens is 406 g/mol. The molecule has 8 heteroatoms. The van der Waals surface area contributed by atoms with E-state index in [9.17, 15) is 4.79 Å². The fraction of sp³-hybridized carbons (Fsp3) is 0.542. The lowest BCUT2D eigenvalue weighted by Crippen LogP contribution is -2.28. The third-order valence-corrected chi connectivity index (χ3v) is 5.94. The van der Waals surface area contributed by atoms with Crippen LogP contribution in [0.1, 0.15) is 49.8 Å². The van der Waals surface area contributed by atoms with Gasteiger partial charge in [0.15, 0.2) is 5.82 Å². The Morgan fingerprint density at radius 1 is 1.16 bits per heavy atom. The molecule has 32 heavy (non-hydrogen) atoms. The topological polar surface area (TPSA) is 79.8 Å². The minimum atomic E-state index is 0.213. The van der Waals surface area contributed by atoms with Gasteiger partial charge in [-0.25, -0.2) is 4.98 Å². The van der Waals surface area contributed by atoms with Gasteiger partial charge in [-0.1, -0.05) is 37.1 Å². The highest BCUT2D eigenvalue weighted by Gasteiger charge is 2.18. The Labute approximate surface area is 190 Å². The SMILES string of the molecule is CNc1cnc(OCCOC)nc1N(C=O)Cc1ccc(C(C)N2CCCCCC2)cc1. The number of ether oxygens (including phenoxy) is 2. The molecule has 0 spiro atoms. The molecule has 3 rings (SSSR count). The lowest BCUT2D eigenvalue weighted by molar-refractivity contribution is -0.107. The minimum Gasteiger partial charge on any atom is -0.461 e. The van der Waals surface area contributed by atoms with Gasteiger partial charge in [0.2, 0.25) is 6.41 Å². The van der Waals surface area contributed by atoms with Gasteiger partial charge in [0.05, 0.1) is 25.0 Å². The van der Waals surface area contributed by atoms with Crippen molar-refractivity contribution < 1.29 is 14.3 Å². The second-order valence-electron chi connectivity index (χ2n) is 8.08. The van der Waals surface area contributed by atoms with Crippen LogP contribution in [0.15, 0.2) is 30.5 Å². The predicted molar refractivity (Wildman–Crippen MR) is 126 cm³/mol. The van der Waals surface area contributed by atoms with Gasteiger partial charge in [-0.3, -0.25) is 14.6 Å². The molecule has 1 aromatic heterocycles. The van der Waals surface area contributed by atoms with Crippen molar-refractivity contribution in [1.29, 1.82) is 0 Å². The Kier molecular flexibility index (Phi) is 9.25. The number of nitrogens with zero attached hydrogens (tertiary/aromatic N) is 4. The summed E-state index contributed by atoms with van der Waals surface area (Å²) in [7, 11) is 3.38. The first-order chi connectivity index (χ1) is 15.7. The molecule has 1 unspecified atom stereocenters. The summed E-state index contributed by atoms with van der Waals surface area (Å²) in [5.41, 5.74) is 2.99. The zero-order valence-electron chi connectivity index (χ0n) is 19.4. The monoisotopic (exact) mass is 441 g/mol. The maximum absolute atomic E-state index is 11.9. The summed E-state index contributed by atoms with van der Waals surface area (Å²) in [5, 5.41) is 3.04. The summed E-state index contributed by atoms with van der Waals surface area (Å²) in [5.74, 6) is 0.479. The molecule has 0 radical (unpaired) electrons. The number of methoxy groups -OCH3 is 1. The lowest BCUT2D eigenvalue weighted by Gasteiger charge is -2.28. The Morgan fingerprint density at radius 2 is 1.88 bits per heavy atom. The quantitative estimate of drug-likeness (QED) is 0.421. The van der Waals surface area contributed by atoms with Crippen molar-refractivity contribution in [1.82, 2.24) is 14.9 Å². The van der Waals surface area contributed by atoms with E-state index in [1.807, 2.05) is 0 Å². The Balaban J connectivity index is 1.71. The molecule has 1 atom stereocenters. The van der Waals surface area contributed by atoms with E-state index < -0.39 is 0 Å². The average Bonchev–Trinajstić information content (AvgIpc) is 3.12. The molecule has 1 aliphatic heterocycles. The maximum Gasteiger partial charge on any atom is 0.318 e. The summed E-state index contributed by atoms with van der Waals surface area (Å²) < 4.78 is 10.5. The van der Waals surface area contributed by atoms with Crippen molar-refractivity contribution in [3.05, 3.63) is 41.6 Å². The molecular formula is C24H35N5O3. The van der Waals surface area contributed by atoms with Crippen LogP contribution in [0.5, 0.6) is 6.01 Å². The fourth-order valence-electron chi connectivity index (χ4n) is 3.99. The first-order valence-electron chi connectivity index (χ1n) is 11.4. The number of hydrogen-bond donors (Lipinski definition) is 1. The lowest BCUT2D eigenvalue weighted by atomic mass is 10.0. The molecule has 1 N–H and O–H groups in total. The first kappa shape index (κ1) is 23.9. The Hall–Kier alpha value is -2.71. The zero-order valence-corrected chi connectivity index (χ0v) is 19.4. The molecule has 0 aliphatic carbocycles. The Morgan fingerprint density at radius 3 is 2.50 bits per heavy atom. The van der Waals surface area contributed by atoms with E-state index in [1.54, 1.807) is 25.3 Å². The smallest absolute Gasteiger partial charge is 0.318 e. The van der Waals surface area contributed by atoms with Crippen LogP contribution in [-0.2, 0) is 16.1 Å². The van der Waals surface area contributed by atoms with Crippen LogP contribution in [0.2, 0.25) is 0 Å². The van der Waals surface area contributed by atoms with E-state index in [4.69, 9.17) is 9.47 Å². The van der Waals surface area contributed by atoms with Crippen LogP contribution in [-0.4, -0.2) is 61.7 Å². The summed E-state index contributed by atoms with van der Waals surface area (Å²) in [6.07, 6.45) is 7.63. The molecule has 1 aliphatic rings. The summed E-state index contributed by atoms with van der Waals surface area (Å²) in [6.45, 7) is 5.79. The van der Waals surface area contributed by atoms with E-state index in [0.717, 1.165) is 25.1 Å². The Bertz CT molecular complexity index is 838. The normalized spacial score (nSPS) is 15.6. The largest absolute Gasteiger partial charge is 0.461 e. The number of carbonyl (C=O) groups is 1. The molecule has 0 bridgehead atoms. The molecule has 174 valence electrons. The first-order valence-corrected chi connectivity index (χ1v) is 11.4. The molecule has 1 amide bonds. The van der Waals surface area contributed by atoms with Crippen molar-refractivity contribution in [3.63, 3.8) is 0 Å². The highest BCUT2D eigenvalue weighted by molar-refractivity contribution is 5.80. The number of aromatic nitrogens is 2. The number of rotatable bonds is 11. The number of anilines is 2. The van der Waals surface area contributed by atoms with Gasteiger partial charge in [-0.2, -0.15) is 4.98 Å². The van der Waals surface area contributed by atoms with Crippen molar-refractivity contribution >= 4 is 17.9 Å². The highest BCUT2D eigenvalue weighted by Crippen LogP contribution is 2.27. The van der Waals surface area contributed by atoms with Gasteiger partial charge in [0.25, 0.3) is 0 Å². The minimum absolute atomic E-state index is 0.213. The molecule has 0 saturated carbocycles. The van der Waals surface area contributed by atoms with Crippen LogP contribution in [0.25, 0.3) is 0 Å². The predicted octanol–water partition coefficient (Wildman–Crippen LogP) is 3.64. The van der Waals surface area contributed by atoms with Gasteiger partial charge in [-0.05, 0) is 44.0 Å². The number of nitrogens with one attached hydrogen (secondary N) is 1. The van der Waals surface area contributed by atoms with Crippen LogP contribution >= 0.6 is 0 Å². The van der Waals surface area contributed by atoms with E-state index in [0.29, 0.717) is 37.3 Å². The third-order valence-electron chi connectivity index (χ3n) is 5.94. The van der Waals surface area contributed by atoms with Gasteiger partial charge < -0.3 is 14.8 Å². The molecule has 8 nitrogen and oxygen atoms in total. The standard InChI is InChI=1S/C24H35N5O3/c1-19(28-12-6-4-5-7-13-28)21-10-8-20(9-11-21)17-29(18-30)23-22(25-2)16-26-24(27-23)32-15-14-31-3/h8-11,16,18-19,25H,4-7,12-15,17H2,1-3H3. The van der Waals surface area contributed by atoms with Gasteiger partial charge in [0, 0.05) is 20.2 Å². The number of benzene rings is 1. The number of likely N-dealkylation sites (tertiary alicyclic amines) is 1. The van der Waals surface area contributed by atoms with E-state index >= 15 is 0 Å². The van der Waals surface area contributed by atoms with Gasteiger partial charge in [0.1, 0.15) is 6.61 Å². The third kappa shape index (κ3) is 6.40. The van der Waals surface area contributed by atoms with Crippen molar-refractivity contribution in [2.45, 2.75) is 45.2 Å². The van der Waals surface area contributed by atoms with Crippen molar-refractivity contribution in [2.75, 3.05) is 50.7 Å². The highest BCUT2D eigenvalue weighted by atomic mass is 16.5. The van der Waals surface area contributed by atoms with Crippen molar-refractivity contribution in [2.24, 2.45) is 0 Å². The molecule has 2 heterocycles.